The van der Waals surface area contributed by atoms with Crippen molar-refractivity contribution in [2.75, 3.05) is 12.3 Å². The number of hydrogen-bond acceptors (Lipinski definition) is 6. The van der Waals surface area contributed by atoms with E-state index in [9.17, 15) is 26.2 Å². The van der Waals surface area contributed by atoms with Crippen LogP contribution >= 0.6 is 0 Å². The van der Waals surface area contributed by atoms with Gasteiger partial charge in [-0.1, -0.05) is 12.8 Å². The van der Waals surface area contributed by atoms with Crippen LogP contribution in [0.1, 0.15) is 58.8 Å². The Morgan fingerprint density at radius 1 is 1.06 bits per heavy atom. The van der Waals surface area contributed by atoms with E-state index in [-0.39, 0.29) is 25.8 Å². The lowest BCUT2D eigenvalue weighted by Crippen LogP contribution is -2.57. The molecule has 0 radical (unpaired) electrons. The molecule has 0 aromatic carbocycles. The molecule has 1 aliphatic carbocycles. The van der Waals surface area contributed by atoms with Crippen LogP contribution in [-0.2, 0) is 25.0 Å². The van der Waals surface area contributed by atoms with Crippen LogP contribution in [0.15, 0.2) is 29.5 Å². The first-order chi connectivity index (χ1) is 14.2. The van der Waals surface area contributed by atoms with Crippen molar-refractivity contribution < 1.29 is 35.8 Å². The van der Waals surface area contributed by atoms with Crippen LogP contribution in [0.4, 0.5) is 0 Å². The number of carboxylic acids is 1. The van der Waals surface area contributed by atoms with Crippen molar-refractivity contribution in [2.45, 2.75) is 63.7 Å². The highest BCUT2D eigenvalue weighted by molar-refractivity contribution is 7.87. The maximum atomic E-state index is 12.7. The summed E-state index contributed by atoms with van der Waals surface area (Å²) >= 11 is 0. The predicted molar refractivity (Wildman–Crippen MR) is 115 cm³/mol. The lowest BCUT2D eigenvalue weighted by atomic mass is 9.73. The van der Waals surface area contributed by atoms with E-state index in [0.717, 1.165) is 0 Å². The number of carbonyl (C=O) groups is 1. The van der Waals surface area contributed by atoms with Crippen molar-refractivity contribution in [1.29, 1.82) is 0 Å². The lowest BCUT2D eigenvalue weighted by molar-refractivity contribution is -0.137. The lowest BCUT2D eigenvalue weighted by Gasteiger charge is -2.43. The molecule has 9 nitrogen and oxygen atoms in total. The molecule has 0 fully saturated rings. The Hall–Kier alpha value is -1.78. The highest BCUT2D eigenvalue weighted by Gasteiger charge is 2.67. The summed E-state index contributed by atoms with van der Waals surface area (Å²) < 4.78 is 66.7. The molecule has 0 amide bonds. The van der Waals surface area contributed by atoms with Crippen LogP contribution in [-0.4, -0.2) is 59.1 Å². The average molecular weight is 477 g/mol. The summed E-state index contributed by atoms with van der Waals surface area (Å²) in [6.07, 6.45) is 10.5. The molecule has 174 valence electrons. The summed E-state index contributed by atoms with van der Waals surface area (Å²) in [5.41, 5.74) is 0.335. The third-order valence-electron chi connectivity index (χ3n) is 6.37. The standard InChI is InChI=1S/C20H29NO8S2/c1-19(13-7-3-4-12-18(22)23)16-10-5-6-11-17(16)21(20(19,2)31(27,28)29)14-8-9-15-30(24,25)26/h6,10-11H,3-4,7-9,12-15H2,1-2H3,(H2-,22,23,24,25,26,27,28,29)/p+1. The van der Waals surface area contributed by atoms with E-state index < -0.39 is 42.2 Å². The Kier molecular flexibility index (Phi) is 7.71. The van der Waals surface area contributed by atoms with Crippen molar-refractivity contribution in [3.05, 3.63) is 35.6 Å². The van der Waals surface area contributed by atoms with E-state index in [2.05, 4.69) is 6.08 Å². The summed E-state index contributed by atoms with van der Waals surface area (Å²) in [7, 11) is -8.71. The van der Waals surface area contributed by atoms with Gasteiger partial charge in [-0.25, -0.2) is 0 Å². The van der Waals surface area contributed by atoms with Crippen LogP contribution in [0.25, 0.3) is 0 Å². The van der Waals surface area contributed by atoms with E-state index in [4.69, 9.17) is 9.66 Å². The SMILES string of the molecule is CC1(CCCCCC(=O)O)C2=C(C=C[C+]=C2)N(CCCCS(=O)(=O)O)C1(C)S(=O)(=O)O. The zero-order valence-corrected chi connectivity index (χ0v) is 19.4. The van der Waals surface area contributed by atoms with Gasteiger partial charge in [0, 0.05) is 19.0 Å². The third kappa shape index (κ3) is 5.35. The van der Waals surface area contributed by atoms with E-state index in [1.54, 1.807) is 30.1 Å². The average Bonchev–Trinajstić information content (AvgIpc) is 2.83. The van der Waals surface area contributed by atoms with E-state index in [1.807, 2.05) is 0 Å². The molecule has 1 heterocycles. The second-order valence-electron chi connectivity index (χ2n) is 8.33. The Bertz CT molecular complexity index is 996. The molecule has 2 rings (SSSR count). The van der Waals surface area contributed by atoms with Gasteiger partial charge in [-0.2, -0.15) is 16.8 Å². The van der Waals surface area contributed by atoms with Crippen LogP contribution in [0.5, 0.6) is 0 Å². The third-order valence-corrected chi connectivity index (χ3v) is 8.85. The normalized spacial score (nSPS) is 25.6. The summed E-state index contributed by atoms with van der Waals surface area (Å²) in [5, 5.41) is 8.81. The van der Waals surface area contributed by atoms with Crippen LogP contribution in [0.2, 0.25) is 0 Å². The molecular formula is C20H30NO8S2+. The van der Waals surface area contributed by atoms with Crippen LogP contribution in [0, 0.1) is 11.5 Å². The Balaban J connectivity index is 2.33. The van der Waals surface area contributed by atoms with Gasteiger partial charge in [-0.3, -0.25) is 13.9 Å². The molecule has 31 heavy (non-hydrogen) atoms. The van der Waals surface area contributed by atoms with Gasteiger partial charge in [-0.15, -0.1) is 0 Å². The monoisotopic (exact) mass is 476 g/mol. The molecule has 0 saturated carbocycles. The molecule has 2 atom stereocenters. The van der Waals surface area contributed by atoms with Crippen molar-refractivity contribution in [3.8, 4) is 0 Å². The number of nitrogens with zero attached hydrogens (tertiary/aromatic N) is 1. The Morgan fingerprint density at radius 3 is 2.32 bits per heavy atom. The zero-order chi connectivity index (χ0) is 23.5. The second kappa shape index (κ2) is 9.38. The van der Waals surface area contributed by atoms with Crippen molar-refractivity contribution >= 4 is 26.2 Å². The van der Waals surface area contributed by atoms with Crippen LogP contribution < -0.4 is 0 Å². The van der Waals surface area contributed by atoms with Crippen molar-refractivity contribution in [1.82, 2.24) is 4.90 Å². The fourth-order valence-electron chi connectivity index (χ4n) is 4.49. The molecule has 2 aliphatic rings. The Morgan fingerprint density at radius 2 is 1.74 bits per heavy atom. The zero-order valence-electron chi connectivity index (χ0n) is 17.7. The number of allylic oxidation sites excluding steroid dienone is 4. The minimum Gasteiger partial charge on any atom is -0.481 e. The first kappa shape index (κ1) is 25.5. The van der Waals surface area contributed by atoms with Crippen molar-refractivity contribution in [3.63, 3.8) is 0 Å². The van der Waals surface area contributed by atoms with Gasteiger partial charge in [0.15, 0.2) is 10.6 Å². The van der Waals surface area contributed by atoms with Gasteiger partial charge >= 0.3 is 5.97 Å². The largest absolute Gasteiger partial charge is 0.481 e. The molecular weight excluding hydrogens is 446 g/mol. The van der Waals surface area contributed by atoms with Gasteiger partial charge < -0.3 is 10.0 Å². The molecule has 0 aromatic rings. The highest BCUT2D eigenvalue weighted by Crippen LogP contribution is 2.57. The molecule has 3 N–H and O–H groups in total. The molecule has 0 bridgehead atoms. The fourth-order valence-corrected chi connectivity index (χ4v) is 6.31. The van der Waals surface area contributed by atoms with E-state index in [1.165, 1.54) is 6.92 Å². The van der Waals surface area contributed by atoms with Gasteiger partial charge in [0.1, 0.15) is 12.2 Å². The predicted octanol–water partition coefficient (Wildman–Crippen LogP) is 2.80. The number of rotatable bonds is 12. The minimum atomic E-state index is -4.60. The van der Waals surface area contributed by atoms with E-state index in [0.29, 0.717) is 37.0 Å². The highest BCUT2D eigenvalue weighted by atomic mass is 32.2. The Labute approximate surface area is 184 Å². The number of hydrogen-bond donors (Lipinski definition) is 3. The van der Waals surface area contributed by atoms with Gasteiger partial charge in [-0.05, 0) is 39.5 Å². The maximum absolute atomic E-state index is 12.7. The molecule has 0 saturated heterocycles. The van der Waals surface area contributed by atoms with Crippen LogP contribution in [0.3, 0.4) is 0 Å². The molecule has 0 spiro atoms. The first-order valence-electron chi connectivity index (χ1n) is 10.2. The van der Waals surface area contributed by atoms with Crippen molar-refractivity contribution in [2.24, 2.45) is 5.41 Å². The topological polar surface area (TPSA) is 149 Å². The van der Waals surface area contributed by atoms with E-state index >= 15 is 0 Å². The summed E-state index contributed by atoms with van der Waals surface area (Å²) in [5.74, 6) is -1.31. The molecule has 2 unspecified atom stereocenters. The smallest absolute Gasteiger partial charge is 0.303 e. The summed E-state index contributed by atoms with van der Waals surface area (Å²) in [6.45, 7) is 3.39. The molecule has 0 aromatic heterocycles. The molecule has 1 aliphatic heterocycles. The quantitative estimate of drug-likeness (QED) is 0.219. The first-order valence-corrected chi connectivity index (χ1v) is 13.2. The number of unbranched alkanes of at least 4 members (excludes halogenated alkanes) is 3. The second-order valence-corrected chi connectivity index (χ2v) is 11.6. The van der Waals surface area contributed by atoms with Gasteiger partial charge in [0.25, 0.3) is 20.2 Å². The molecule has 11 heteroatoms. The number of carboxylic acid groups (broad SMARTS) is 1. The number of aliphatic carboxylic acids is 1. The van der Waals surface area contributed by atoms with Gasteiger partial charge in [0.05, 0.1) is 22.8 Å². The fraction of sp³-hybridized carbons (Fsp3) is 0.650. The summed E-state index contributed by atoms with van der Waals surface area (Å²) in [4.78, 5) is 10.6. The van der Waals surface area contributed by atoms with Gasteiger partial charge in [0.2, 0.25) is 0 Å². The maximum Gasteiger partial charge on any atom is 0.303 e. The summed E-state index contributed by atoms with van der Waals surface area (Å²) in [6, 6.07) is 0. The minimum absolute atomic E-state index is 0.0382.